The topological polar surface area (TPSA) is 54.7 Å². The van der Waals surface area contributed by atoms with Gasteiger partial charge in [0.1, 0.15) is 0 Å². The fraction of sp³-hybridized carbons (Fsp3) is 0.400. The first kappa shape index (κ1) is 12.8. The summed E-state index contributed by atoms with van der Waals surface area (Å²) in [6.07, 6.45) is 6.53. The number of aromatic nitrogens is 2. The number of hydrogen-bond acceptors (Lipinski definition) is 2. The molecular weight excluding hydrogens is 222 g/mol. The van der Waals surface area contributed by atoms with E-state index < -0.39 is 0 Å². The van der Waals surface area contributed by atoms with Gasteiger partial charge in [0.25, 0.3) is 0 Å². The molecule has 1 atom stereocenters. The minimum absolute atomic E-state index is 0.0745. The van der Waals surface area contributed by atoms with Crippen molar-refractivity contribution in [2.75, 3.05) is 0 Å². The van der Waals surface area contributed by atoms with E-state index in [0.717, 1.165) is 23.2 Å². The number of nitrogens with zero attached hydrogens (tertiary/aromatic N) is 1. The van der Waals surface area contributed by atoms with Crippen LogP contribution >= 0.6 is 0 Å². The van der Waals surface area contributed by atoms with Crippen molar-refractivity contribution in [3.8, 4) is 11.3 Å². The van der Waals surface area contributed by atoms with Crippen molar-refractivity contribution >= 4 is 0 Å². The van der Waals surface area contributed by atoms with Gasteiger partial charge in [-0.3, -0.25) is 5.10 Å². The Hall–Kier alpha value is -1.61. The Bertz CT molecular complexity index is 462. The van der Waals surface area contributed by atoms with Crippen molar-refractivity contribution in [3.05, 3.63) is 42.1 Å². The molecule has 0 radical (unpaired) electrons. The molecule has 0 aliphatic carbocycles. The number of nitrogens with one attached hydrogen (secondary N) is 1. The Kier molecular flexibility index (Phi) is 4.53. The number of nitrogens with two attached hydrogens (primary N) is 1. The van der Waals surface area contributed by atoms with Gasteiger partial charge in [0.2, 0.25) is 0 Å². The van der Waals surface area contributed by atoms with E-state index in [-0.39, 0.29) is 6.04 Å². The zero-order valence-electron chi connectivity index (χ0n) is 10.9. The number of H-pyrrole nitrogens is 1. The second kappa shape index (κ2) is 6.36. The van der Waals surface area contributed by atoms with E-state index in [1.165, 1.54) is 19.3 Å². The number of unbranched alkanes of at least 4 members (excludes halogenated alkanes) is 2. The molecule has 0 spiro atoms. The molecule has 3 N–H and O–H groups in total. The second-order valence-electron chi connectivity index (χ2n) is 4.67. The molecule has 0 fully saturated rings. The summed E-state index contributed by atoms with van der Waals surface area (Å²) in [5.74, 6) is 0. The Morgan fingerprint density at radius 3 is 2.72 bits per heavy atom. The molecule has 2 aromatic rings. The van der Waals surface area contributed by atoms with E-state index >= 15 is 0 Å². The highest BCUT2D eigenvalue weighted by molar-refractivity contribution is 5.63. The Morgan fingerprint density at radius 1 is 1.22 bits per heavy atom. The van der Waals surface area contributed by atoms with Gasteiger partial charge < -0.3 is 5.73 Å². The summed E-state index contributed by atoms with van der Waals surface area (Å²) in [6, 6.07) is 10.3. The predicted octanol–water partition coefficient (Wildman–Crippen LogP) is 3.66. The van der Waals surface area contributed by atoms with Gasteiger partial charge in [-0.05, 0) is 12.0 Å². The van der Waals surface area contributed by atoms with Gasteiger partial charge in [0, 0.05) is 11.6 Å². The van der Waals surface area contributed by atoms with Crippen molar-refractivity contribution in [1.82, 2.24) is 10.2 Å². The van der Waals surface area contributed by atoms with E-state index in [9.17, 15) is 0 Å². The summed E-state index contributed by atoms with van der Waals surface area (Å²) in [7, 11) is 0. The first-order chi connectivity index (χ1) is 8.83. The van der Waals surface area contributed by atoms with Crippen LogP contribution in [0.15, 0.2) is 36.5 Å². The molecule has 0 amide bonds. The summed E-state index contributed by atoms with van der Waals surface area (Å²) in [5, 5.41) is 7.21. The molecule has 1 heterocycles. The summed E-state index contributed by atoms with van der Waals surface area (Å²) in [5.41, 5.74) is 9.59. The Balaban J connectivity index is 2.12. The van der Waals surface area contributed by atoms with Gasteiger partial charge in [0.15, 0.2) is 0 Å². The average molecular weight is 243 g/mol. The molecule has 18 heavy (non-hydrogen) atoms. The molecule has 0 saturated carbocycles. The first-order valence-electron chi connectivity index (χ1n) is 6.67. The molecule has 0 aliphatic heterocycles. The van der Waals surface area contributed by atoms with E-state index in [4.69, 9.17) is 5.73 Å². The molecular formula is C15H21N3. The van der Waals surface area contributed by atoms with Gasteiger partial charge in [-0.1, -0.05) is 56.5 Å². The van der Waals surface area contributed by atoms with Crippen molar-refractivity contribution in [2.45, 2.75) is 38.6 Å². The van der Waals surface area contributed by atoms with E-state index in [1.807, 2.05) is 24.4 Å². The molecule has 3 heteroatoms. The maximum absolute atomic E-state index is 6.26. The van der Waals surface area contributed by atoms with E-state index in [0.29, 0.717) is 0 Å². The lowest BCUT2D eigenvalue weighted by atomic mass is 9.99. The van der Waals surface area contributed by atoms with Crippen LogP contribution in [0, 0.1) is 0 Å². The number of hydrogen-bond donors (Lipinski definition) is 2. The molecule has 3 nitrogen and oxygen atoms in total. The Labute approximate surface area is 108 Å². The van der Waals surface area contributed by atoms with Gasteiger partial charge in [-0.2, -0.15) is 5.10 Å². The monoisotopic (exact) mass is 243 g/mol. The fourth-order valence-corrected chi connectivity index (χ4v) is 2.18. The number of aromatic amines is 1. The molecule has 1 aromatic carbocycles. The van der Waals surface area contributed by atoms with Crippen LogP contribution in [0.3, 0.4) is 0 Å². The van der Waals surface area contributed by atoms with Crippen LogP contribution in [0.2, 0.25) is 0 Å². The van der Waals surface area contributed by atoms with Crippen LogP contribution in [0.1, 0.15) is 44.2 Å². The summed E-state index contributed by atoms with van der Waals surface area (Å²) < 4.78 is 0. The zero-order chi connectivity index (χ0) is 12.8. The van der Waals surface area contributed by atoms with Gasteiger partial charge >= 0.3 is 0 Å². The maximum atomic E-state index is 6.26. The molecule has 0 saturated heterocycles. The van der Waals surface area contributed by atoms with Gasteiger partial charge in [-0.15, -0.1) is 0 Å². The highest BCUT2D eigenvalue weighted by atomic mass is 15.1. The van der Waals surface area contributed by atoms with E-state index in [1.54, 1.807) is 0 Å². The summed E-state index contributed by atoms with van der Waals surface area (Å²) >= 11 is 0. The average Bonchev–Trinajstić information content (AvgIpc) is 2.89. The third-order valence-electron chi connectivity index (χ3n) is 3.25. The Morgan fingerprint density at radius 2 is 2.00 bits per heavy atom. The van der Waals surface area contributed by atoms with Crippen molar-refractivity contribution < 1.29 is 0 Å². The van der Waals surface area contributed by atoms with E-state index in [2.05, 4.69) is 29.3 Å². The largest absolute Gasteiger partial charge is 0.324 e. The van der Waals surface area contributed by atoms with Crippen LogP contribution in [0.4, 0.5) is 0 Å². The SMILES string of the molecule is CCCCCC(N)c1cn[nH]c1-c1ccccc1. The summed E-state index contributed by atoms with van der Waals surface area (Å²) in [6.45, 7) is 2.21. The predicted molar refractivity (Wildman–Crippen MR) is 75.1 cm³/mol. The molecule has 0 aliphatic rings. The minimum atomic E-state index is 0.0745. The van der Waals surface area contributed by atoms with Crippen molar-refractivity contribution in [1.29, 1.82) is 0 Å². The third kappa shape index (κ3) is 2.99. The standard InChI is InChI=1S/C15H21N3/c1-2-3-5-10-14(16)13-11-17-18-15(13)12-8-6-4-7-9-12/h4,6-9,11,14H,2-3,5,10,16H2,1H3,(H,17,18). The van der Waals surface area contributed by atoms with Crippen LogP contribution < -0.4 is 5.73 Å². The fourth-order valence-electron chi connectivity index (χ4n) is 2.18. The van der Waals surface area contributed by atoms with Gasteiger partial charge in [0.05, 0.1) is 11.9 Å². The lowest BCUT2D eigenvalue weighted by Crippen LogP contribution is -2.10. The minimum Gasteiger partial charge on any atom is -0.324 e. The number of rotatable bonds is 6. The molecule has 1 aromatic heterocycles. The lowest BCUT2D eigenvalue weighted by Gasteiger charge is -2.11. The smallest absolute Gasteiger partial charge is 0.0697 e. The second-order valence-corrected chi connectivity index (χ2v) is 4.67. The molecule has 2 rings (SSSR count). The van der Waals surface area contributed by atoms with Crippen LogP contribution in [0.25, 0.3) is 11.3 Å². The summed E-state index contributed by atoms with van der Waals surface area (Å²) in [4.78, 5) is 0. The lowest BCUT2D eigenvalue weighted by molar-refractivity contribution is 0.582. The van der Waals surface area contributed by atoms with Crippen molar-refractivity contribution in [2.24, 2.45) is 5.73 Å². The van der Waals surface area contributed by atoms with Crippen molar-refractivity contribution in [3.63, 3.8) is 0 Å². The highest BCUT2D eigenvalue weighted by Gasteiger charge is 2.14. The maximum Gasteiger partial charge on any atom is 0.0697 e. The molecule has 96 valence electrons. The normalized spacial score (nSPS) is 12.6. The van der Waals surface area contributed by atoms with Crippen LogP contribution in [-0.4, -0.2) is 10.2 Å². The van der Waals surface area contributed by atoms with Crippen LogP contribution in [0.5, 0.6) is 0 Å². The molecule has 1 unspecified atom stereocenters. The zero-order valence-corrected chi connectivity index (χ0v) is 10.9. The quantitative estimate of drug-likeness (QED) is 0.761. The number of benzene rings is 1. The molecule has 0 bridgehead atoms. The van der Waals surface area contributed by atoms with Crippen LogP contribution in [-0.2, 0) is 0 Å². The third-order valence-corrected chi connectivity index (χ3v) is 3.25. The van der Waals surface area contributed by atoms with Gasteiger partial charge in [-0.25, -0.2) is 0 Å². The first-order valence-corrected chi connectivity index (χ1v) is 6.67. The highest BCUT2D eigenvalue weighted by Crippen LogP contribution is 2.27.